The molecule has 1 aliphatic heterocycles. The van der Waals surface area contributed by atoms with E-state index in [1.54, 1.807) is 31.2 Å². The Morgan fingerprint density at radius 1 is 1.14 bits per heavy atom. The van der Waals surface area contributed by atoms with Crippen molar-refractivity contribution in [3.05, 3.63) is 54.4 Å². The van der Waals surface area contributed by atoms with Gasteiger partial charge < -0.3 is 29.8 Å². The number of hydrogen-bond donors (Lipinski definition) is 3. The molecule has 3 atom stereocenters. The number of rotatable bonds is 8. The Kier molecular flexibility index (Phi) is 9.66. The summed E-state index contributed by atoms with van der Waals surface area (Å²) in [7, 11) is -4.28. The number of oxazole rings is 1. The number of carbonyl (C=O) groups is 1. The second-order valence-corrected chi connectivity index (χ2v) is 12.7. The van der Waals surface area contributed by atoms with E-state index < -0.39 is 51.4 Å². The summed E-state index contributed by atoms with van der Waals surface area (Å²) in [5.74, 6) is -1.58. The van der Waals surface area contributed by atoms with E-state index in [0.29, 0.717) is 11.1 Å². The van der Waals surface area contributed by atoms with E-state index in [1.807, 2.05) is 0 Å². The molecule has 0 radical (unpaired) electrons. The van der Waals surface area contributed by atoms with Crippen LogP contribution >= 0.6 is 0 Å². The molecule has 15 heteroatoms. The van der Waals surface area contributed by atoms with E-state index in [0.717, 1.165) is 13.2 Å². The topological polar surface area (TPSA) is 146 Å². The highest BCUT2D eigenvalue weighted by Gasteiger charge is 2.47. The minimum absolute atomic E-state index is 0.0805. The van der Waals surface area contributed by atoms with Gasteiger partial charge in [-0.1, -0.05) is 37.3 Å². The predicted molar refractivity (Wildman–Crippen MR) is 154 cm³/mol. The van der Waals surface area contributed by atoms with Crippen LogP contribution in [0.5, 0.6) is 0 Å². The minimum Gasteiger partial charge on any atom is -0.438 e. The van der Waals surface area contributed by atoms with Crippen LogP contribution in [-0.2, 0) is 19.4 Å². The number of nitrogens with one attached hydrogen (secondary N) is 2. The SMILES string of the molecule is CCC(NC(=O)C(C)(NC(=NCC(F)(F)F)N1CCOCC1)S(C)(=O)=O)C(O)c1nc2ccccc2o1.c1cc2cc-2c1. The Labute approximate surface area is 247 Å². The Morgan fingerprint density at radius 3 is 2.30 bits per heavy atom. The molecular formula is C28H34F3N5O6S. The van der Waals surface area contributed by atoms with E-state index in [-0.39, 0.29) is 38.6 Å². The maximum Gasteiger partial charge on any atom is 0.408 e. The highest BCUT2D eigenvalue weighted by molar-refractivity contribution is 7.92. The van der Waals surface area contributed by atoms with Gasteiger partial charge in [0.2, 0.25) is 10.8 Å². The number of halogens is 3. The summed E-state index contributed by atoms with van der Waals surface area (Å²) >= 11 is 0. The number of ether oxygens (including phenoxy) is 1. The zero-order valence-corrected chi connectivity index (χ0v) is 24.7. The molecule has 5 rings (SSSR count). The third-order valence-electron chi connectivity index (χ3n) is 7.06. The fraction of sp³-hybridized carbons (Fsp3) is 0.464. The fourth-order valence-electron chi connectivity index (χ4n) is 4.26. The highest BCUT2D eigenvalue weighted by Crippen LogP contribution is 2.32. The van der Waals surface area contributed by atoms with E-state index in [2.05, 4.69) is 44.9 Å². The van der Waals surface area contributed by atoms with Gasteiger partial charge in [0, 0.05) is 19.3 Å². The van der Waals surface area contributed by atoms with Gasteiger partial charge in [-0.2, -0.15) is 13.2 Å². The number of sulfone groups is 1. The van der Waals surface area contributed by atoms with Crippen molar-refractivity contribution >= 4 is 32.8 Å². The number of hydrogen-bond acceptors (Lipinski definition) is 8. The van der Waals surface area contributed by atoms with Crippen molar-refractivity contribution in [2.75, 3.05) is 39.1 Å². The summed E-state index contributed by atoms with van der Waals surface area (Å²) in [4.78, 5) is 20.1. The zero-order chi connectivity index (χ0) is 31.4. The molecule has 3 N–H and O–H groups in total. The van der Waals surface area contributed by atoms with Crippen LogP contribution in [0.3, 0.4) is 0 Å². The van der Waals surface area contributed by atoms with E-state index in [9.17, 15) is 31.5 Å². The number of para-hydroxylation sites is 2. The first-order chi connectivity index (χ1) is 20.2. The minimum atomic E-state index is -4.65. The molecule has 0 spiro atoms. The van der Waals surface area contributed by atoms with E-state index in [1.165, 1.54) is 16.0 Å². The fourth-order valence-corrected chi connectivity index (χ4v) is 4.94. The van der Waals surface area contributed by atoms with Crippen molar-refractivity contribution < 1.29 is 40.6 Å². The largest absolute Gasteiger partial charge is 0.438 e. The van der Waals surface area contributed by atoms with Gasteiger partial charge in [0.15, 0.2) is 27.5 Å². The molecular weight excluding hydrogens is 591 g/mol. The number of fused-ring (bicyclic) bond motifs is 2. The number of aromatic nitrogens is 1. The summed E-state index contributed by atoms with van der Waals surface area (Å²) in [6.45, 7) is 1.73. The average Bonchev–Trinajstić information content (AvgIpc) is 3.34. The molecule has 3 aliphatic rings. The van der Waals surface area contributed by atoms with Crippen LogP contribution in [-0.4, -0.2) is 91.5 Å². The number of nitrogens with zero attached hydrogens (tertiary/aromatic N) is 3. The molecule has 0 bridgehead atoms. The number of benzene rings is 2. The monoisotopic (exact) mass is 625 g/mol. The summed E-state index contributed by atoms with van der Waals surface area (Å²) in [5, 5.41) is 15.8. The highest BCUT2D eigenvalue weighted by atomic mass is 32.2. The molecule has 1 amide bonds. The standard InChI is InChI=1S/C22H30F3N5O6S.C6H4/c1-4-14(17(31)18-27-15-7-5-6-8-16(15)36-18)28-19(32)21(2,37(3,33)34)29-20(26-13-22(23,24)25)30-9-11-35-12-10-30;1-2-5-4-6(5)3-1/h5-8,14,17,31H,4,9-13H2,1-3H3,(H,26,29)(H,28,32);1-4H. The molecule has 2 aliphatic carbocycles. The molecule has 2 aromatic rings. The lowest BCUT2D eigenvalue weighted by molar-refractivity contribution is -0.125. The Bertz CT molecular complexity index is 1520. The summed E-state index contributed by atoms with van der Waals surface area (Å²) in [6, 6.07) is 14.2. The van der Waals surface area contributed by atoms with Gasteiger partial charge >= 0.3 is 6.18 Å². The Hall–Kier alpha value is -3.69. The number of aliphatic hydroxyl groups excluding tert-OH is 1. The number of aliphatic hydroxyl groups is 1. The molecule has 1 fully saturated rings. The third-order valence-corrected chi connectivity index (χ3v) is 8.83. The maximum atomic E-state index is 13.4. The Morgan fingerprint density at radius 2 is 1.79 bits per heavy atom. The zero-order valence-electron chi connectivity index (χ0n) is 23.9. The number of carbonyl (C=O) groups excluding carboxylic acids is 1. The van der Waals surface area contributed by atoms with Crippen molar-refractivity contribution in [3.63, 3.8) is 0 Å². The van der Waals surface area contributed by atoms with Crippen LogP contribution < -0.4 is 10.6 Å². The van der Waals surface area contributed by atoms with Gasteiger partial charge in [0.05, 0.1) is 19.3 Å². The molecule has 2 heterocycles. The number of amides is 1. The first kappa shape index (κ1) is 32.2. The van der Waals surface area contributed by atoms with Crippen LogP contribution in [0.25, 0.3) is 22.2 Å². The molecule has 1 saturated heterocycles. The van der Waals surface area contributed by atoms with Gasteiger partial charge in [0.25, 0.3) is 5.91 Å². The quantitative estimate of drug-likeness (QED) is 0.199. The summed E-state index contributed by atoms with van der Waals surface area (Å²) in [5.41, 5.74) is 3.75. The summed E-state index contributed by atoms with van der Waals surface area (Å²) < 4.78 is 75.2. The molecule has 1 aromatic heterocycles. The van der Waals surface area contributed by atoms with Crippen molar-refractivity contribution in [2.24, 2.45) is 4.99 Å². The van der Waals surface area contributed by atoms with Crippen molar-refractivity contribution in [3.8, 4) is 11.1 Å². The lowest BCUT2D eigenvalue weighted by Crippen LogP contribution is -2.65. The predicted octanol–water partition coefficient (Wildman–Crippen LogP) is 3.02. The number of alkyl halides is 3. The molecule has 3 unspecified atom stereocenters. The van der Waals surface area contributed by atoms with Crippen molar-refractivity contribution in [1.29, 1.82) is 0 Å². The summed E-state index contributed by atoms with van der Waals surface area (Å²) in [6.07, 6.45) is -5.15. The molecule has 11 nitrogen and oxygen atoms in total. The molecule has 0 saturated carbocycles. The second-order valence-electron chi connectivity index (χ2n) is 10.3. The second kappa shape index (κ2) is 12.9. The molecule has 234 valence electrons. The normalized spacial score (nSPS) is 17.7. The maximum absolute atomic E-state index is 13.4. The van der Waals surface area contributed by atoms with Crippen molar-refractivity contribution in [2.45, 2.75) is 43.5 Å². The van der Waals surface area contributed by atoms with Gasteiger partial charge in [-0.25, -0.2) is 18.4 Å². The Balaban J connectivity index is 0.000000615. The van der Waals surface area contributed by atoms with Gasteiger partial charge in [0.1, 0.15) is 12.1 Å². The van der Waals surface area contributed by atoms with Gasteiger partial charge in [-0.3, -0.25) is 4.79 Å². The molecule has 43 heavy (non-hydrogen) atoms. The van der Waals surface area contributed by atoms with Gasteiger partial charge in [-0.05, 0) is 42.7 Å². The van der Waals surface area contributed by atoms with Crippen LogP contribution in [0.2, 0.25) is 0 Å². The molecule has 1 aromatic carbocycles. The average molecular weight is 626 g/mol. The lowest BCUT2D eigenvalue weighted by Gasteiger charge is -2.36. The lowest BCUT2D eigenvalue weighted by atomic mass is 10.1. The first-order valence-corrected chi connectivity index (χ1v) is 15.5. The smallest absolute Gasteiger partial charge is 0.408 e. The first-order valence-electron chi connectivity index (χ1n) is 13.6. The number of morpholine rings is 1. The number of aliphatic imine (C=N–C) groups is 1. The van der Waals surface area contributed by atoms with E-state index >= 15 is 0 Å². The van der Waals surface area contributed by atoms with Crippen LogP contribution in [0, 0.1) is 0 Å². The van der Waals surface area contributed by atoms with Gasteiger partial charge in [-0.15, -0.1) is 0 Å². The van der Waals surface area contributed by atoms with Crippen LogP contribution in [0.4, 0.5) is 13.2 Å². The van der Waals surface area contributed by atoms with Crippen molar-refractivity contribution in [1.82, 2.24) is 20.5 Å². The number of guanidine groups is 1. The van der Waals surface area contributed by atoms with E-state index in [4.69, 9.17) is 9.15 Å². The van der Waals surface area contributed by atoms with Crippen LogP contribution in [0.15, 0.2) is 57.9 Å². The third kappa shape index (κ3) is 8.03. The van der Waals surface area contributed by atoms with Crippen LogP contribution in [0.1, 0.15) is 32.3 Å².